The maximum Gasteiger partial charge on any atom is 0.220 e. The maximum atomic E-state index is 11.5. The molecule has 16 heavy (non-hydrogen) atoms. The summed E-state index contributed by atoms with van der Waals surface area (Å²) >= 11 is 0. The molecule has 0 saturated heterocycles. The van der Waals surface area contributed by atoms with E-state index in [0.717, 1.165) is 38.4 Å². The molecule has 90 valence electrons. The third-order valence-corrected chi connectivity index (χ3v) is 3.25. The van der Waals surface area contributed by atoms with Crippen LogP contribution in [-0.2, 0) is 4.79 Å². The topological polar surface area (TPSA) is 41.1 Å². The maximum absolute atomic E-state index is 11.5. The second-order valence-corrected chi connectivity index (χ2v) is 4.90. The summed E-state index contributed by atoms with van der Waals surface area (Å²) < 4.78 is 0. The predicted octanol–water partition coefficient (Wildman–Crippen LogP) is 1.60. The van der Waals surface area contributed by atoms with Gasteiger partial charge in [0.05, 0.1) is 0 Å². The first-order valence-electron chi connectivity index (χ1n) is 6.51. The first-order chi connectivity index (χ1) is 7.84. The molecule has 3 heteroatoms. The molecule has 2 aliphatic carbocycles. The summed E-state index contributed by atoms with van der Waals surface area (Å²) in [5.74, 6) is 0.701. The molecule has 0 aliphatic heterocycles. The summed E-state index contributed by atoms with van der Waals surface area (Å²) in [5, 5.41) is 6.43. The Bertz CT molecular complexity index is 259. The lowest BCUT2D eigenvalue weighted by Crippen LogP contribution is -2.28. The van der Waals surface area contributed by atoms with Crippen LogP contribution in [0.4, 0.5) is 0 Å². The first kappa shape index (κ1) is 11.6. The molecule has 0 aromatic rings. The zero-order valence-corrected chi connectivity index (χ0v) is 9.87. The summed E-state index contributed by atoms with van der Waals surface area (Å²) in [6, 6.07) is 0.777. The van der Waals surface area contributed by atoms with E-state index in [1.54, 1.807) is 0 Å². The van der Waals surface area contributed by atoms with Gasteiger partial charge < -0.3 is 10.6 Å². The van der Waals surface area contributed by atoms with Crippen LogP contribution in [0.15, 0.2) is 12.2 Å². The van der Waals surface area contributed by atoms with Crippen LogP contribution in [0, 0.1) is 5.92 Å². The zero-order valence-electron chi connectivity index (χ0n) is 9.87. The molecule has 2 aliphatic rings. The van der Waals surface area contributed by atoms with Crippen molar-refractivity contribution in [2.45, 2.75) is 44.6 Å². The van der Waals surface area contributed by atoms with Gasteiger partial charge in [-0.1, -0.05) is 12.2 Å². The van der Waals surface area contributed by atoms with E-state index >= 15 is 0 Å². The number of carbonyl (C=O) groups excluding carboxylic acids is 1. The largest absolute Gasteiger partial charge is 0.356 e. The van der Waals surface area contributed by atoms with Crippen molar-refractivity contribution < 1.29 is 4.79 Å². The highest BCUT2D eigenvalue weighted by Gasteiger charge is 2.19. The van der Waals surface area contributed by atoms with Gasteiger partial charge in [0.15, 0.2) is 0 Å². The van der Waals surface area contributed by atoms with Crippen LogP contribution >= 0.6 is 0 Å². The van der Waals surface area contributed by atoms with E-state index in [4.69, 9.17) is 0 Å². The normalized spacial score (nSPS) is 23.6. The van der Waals surface area contributed by atoms with Gasteiger partial charge in [-0.15, -0.1) is 0 Å². The zero-order chi connectivity index (χ0) is 11.2. The van der Waals surface area contributed by atoms with Crippen molar-refractivity contribution in [3.63, 3.8) is 0 Å². The molecule has 2 N–H and O–H groups in total. The second-order valence-electron chi connectivity index (χ2n) is 4.90. The van der Waals surface area contributed by atoms with Crippen molar-refractivity contribution in [1.29, 1.82) is 0 Å². The molecule has 0 spiro atoms. The minimum atomic E-state index is 0.211. The van der Waals surface area contributed by atoms with Crippen LogP contribution in [0.2, 0.25) is 0 Å². The van der Waals surface area contributed by atoms with E-state index in [9.17, 15) is 4.79 Å². The standard InChI is InChI=1S/C13H22N2O/c16-13(10-11-4-1-2-5-11)15-9-3-8-14-12-6-7-12/h1,4,11-12,14H,2-3,5-10H2,(H,15,16). The minimum absolute atomic E-state index is 0.211. The molecule has 1 saturated carbocycles. The number of rotatable bonds is 7. The Labute approximate surface area is 97.7 Å². The van der Waals surface area contributed by atoms with Crippen molar-refractivity contribution in [3.05, 3.63) is 12.2 Å². The number of carbonyl (C=O) groups is 1. The fourth-order valence-electron chi connectivity index (χ4n) is 2.09. The smallest absolute Gasteiger partial charge is 0.220 e. The molecule has 1 unspecified atom stereocenters. The minimum Gasteiger partial charge on any atom is -0.356 e. The number of allylic oxidation sites excluding steroid dienone is 2. The predicted molar refractivity (Wildman–Crippen MR) is 65.1 cm³/mol. The third-order valence-electron chi connectivity index (χ3n) is 3.25. The van der Waals surface area contributed by atoms with Gasteiger partial charge in [-0.05, 0) is 44.6 Å². The van der Waals surface area contributed by atoms with Crippen LogP contribution in [0.25, 0.3) is 0 Å². The van der Waals surface area contributed by atoms with Gasteiger partial charge >= 0.3 is 0 Å². The Morgan fingerprint density at radius 2 is 2.12 bits per heavy atom. The van der Waals surface area contributed by atoms with Gasteiger partial charge in [-0.3, -0.25) is 4.79 Å². The van der Waals surface area contributed by atoms with Crippen molar-refractivity contribution in [1.82, 2.24) is 10.6 Å². The molecule has 0 aromatic heterocycles. The quantitative estimate of drug-likeness (QED) is 0.507. The van der Waals surface area contributed by atoms with Gasteiger partial charge in [-0.25, -0.2) is 0 Å². The third kappa shape index (κ3) is 4.35. The van der Waals surface area contributed by atoms with Gasteiger partial charge in [0, 0.05) is 19.0 Å². The molecule has 3 nitrogen and oxygen atoms in total. The monoisotopic (exact) mass is 222 g/mol. The Kier molecular flexibility index (Phi) is 4.40. The van der Waals surface area contributed by atoms with Crippen molar-refractivity contribution in [3.8, 4) is 0 Å². The van der Waals surface area contributed by atoms with Crippen LogP contribution < -0.4 is 10.6 Å². The van der Waals surface area contributed by atoms with Crippen LogP contribution in [0.3, 0.4) is 0 Å². The molecule has 1 atom stereocenters. The summed E-state index contributed by atoms with van der Waals surface area (Å²) in [5.41, 5.74) is 0. The Balaban J connectivity index is 1.44. The summed E-state index contributed by atoms with van der Waals surface area (Å²) in [7, 11) is 0. The van der Waals surface area contributed by atoms with E-state index in [0.29, 0.717) is 12.3 Å². The Morgan fingerprint density at radius 3 is 2.81 bits per heavy atom. The fourth-order valence-corrected chi connectivity index (χ4v) is 2.09. The summed E-state index contributed by atoms with van der Waals surface area (Å²) in [6.07, 6.45) is 11.0. The van der Waals surface area contributed by atoms with E-state index in [1.165, 1.54) is 12.8 Å². The first-order valence-corrected chi connectivity index (χ1v) is 6.51. The van der Waals surface area contributed by atoms with E-state index in [2.05, 4.69) is 22.8 Å². The fraction of sp³-hybridized carbons (Fsp3) is 0.769. The number of hydrogen-bond acceptors (Lipinski definition) is 2. The average molecular weight is 222 g/mol. The van der Waals surface area contributed by atoms with Crippen LogP contribution in [-0.4, -0.2) is 25.0 Å². The van der Waals surface area contributed by atoms with E-state index in [1.807, 2.05) is 0 Å². The number of nitrogens with one attached hydrogen (secondary N) is 2. The van der Waals surface area contributed by atoms with Crippen molar-refractivity contribution in [2.24, 2.45) is 5.92 Å². The summed E-state index contributed by atoms with van der Waals surface area (Å²) in [6.45, 7) is 1.85. The SMILES string of the molecule is O=C(CC1C=CCC1)NCCCNC1CC1. The van der Waals surface area contributed by atoms with Crippen LogP contribution in [0.5, 0.6) is 0 Å². The molecule has 1 amide bonds. The molecule has 2 rings (SSSR count). The van der Waals surface area contributed by atoms with Crippen LogP contribution in [0.1, 0.15) is 38.5 Å². The highest BCUT2D eigenvalue weighted by molar-refractivity contribution is 5.76. The van der Waals surface area contributed by atoms with Gasteiger partial charge in [0.25, 0.3) is 0 Å². The highest BCUT2D eigenvalue weighted by atomic mass is 16.1. The lowest BCUT2D eigenvalue weighted by Gasteiger charge is -2.08. The highest BCUT2D eigenvalue weighted by Crippen LogP contribution is 2.20. The van der Waals surface area contributed by atoms with Crippen molar-refractivity contribution in [2.75, 3.05) is 13.1 Å². The number of amides is 1. The Hall–Kier alpha value is -0.830. The lowest BCUT2D eigenvalue weighted by molar-refractivity contribution is -0.121. The molecule has 0 heterocycles. The molecule has 0 aromatic carbocycles. The van der Waals surface area contributed by atoms with Crippen molar-refractivity contribution >= 4 is 5.91 Å². The van der Waals surface area contributed by atoms with Gasteiger partial charge in [0.2, 0.25) is 5.91 Å². The summed E-state index contributed by atoms with van der Waals surface area (Å²) in [4.78, 5) is 11.5. The molecule has 0 bridgehead atoms. The van der Waals surface area contributed by atoms with Gasteiger partial charge in [0.1, 0.15) is 0 Å². The van der Waals surface area contributed by atoms with E-state index < -0.39 is 0 Å². The van der Waals surface area contributed by atoms with Gasteiger partial charge in [-0.2, -0.15) is 0 Å². The average Bonchev–Trinajstić information content (AvgIpc) is 2.95. The lowest BCUT2D eigenvalue weighted by atomic mass is 10.1. The molecular weight excluding hydrogens is 200 g/mol. The van der Waals surface area contributed by atoms with E-state index in [-0.39, 0.29) is 5.91 Å². The number of hydrogen-bond donors (Lipinski definition) is 2. The molecule has 0 radical (unpaired) electrons. The molecule has 1 fully saturated rings. The Morgan fingerprint density at radius 1 is 1.25 bits per heavy atom. The molecular formula is C13H22N2O. The second kappa shape index (κ2) is 6.04.